The average Bonchev–Trinajstić information content (AvgIpc) is 3.53. The minimum absolute atomic E-state index is 0.104. The number of benzene rings is 1. The molecule has 170 valence electrons. The number of amides is 2. The van der Waals surface area contributed by atoms with Gasteiger partial charge in [0.05, 0.1) is 38.6 Å². The maximum absolute atomic E-state index is 13.3. The van der Waals surface area contributed by atoms with Crippen LogP contribution in [-0.4, -0.2) is 61.9 Å². The summed E-state index contributed by atoms with van der Waals surface area (Å²) >= 11 is 0. The quantitative estimate of drug-likeness (QED) is 0.465. The zero-order valence-corrected chi connectivity index (χ0v) is 18.3. The summed E-state index contributed by atoms with van der Waals surface area (Å²) in [5.41, 5.74) is 1.20. The van der Waals surface area contributed by atoms with Crippen molar-refractivity contribution in [3.63, 3.8) is 0 Å². The lowest BCUT2D eigenvalue weighted by molar-refractivity contribution is -0.141. The molecular weight excluding hydrogens is 416 g/mol. The molecule has 4 aliphatic rings. The number of ether oxygens (including phenoxy) is 3. The zero-order chi connectivity index (χ0) is 22.6. The summed E-state index contributed by atoms with van der Waals surface area (Å²) in [6.45, 7) is 2.28. The van der Waals surface area contributed by atoms with Crippen molar-refractivity contribution in [1.82, 2.24) is 4.90 Å². The maximum atomic E-state index is 13.3. The van der Waals surface area contributed by atoms with Crippen LogP contribution >= 0.6 is 0 Å². The molecule has 5 rings (SSSR count). The van der Waals surface area contributed by atoms with Gasteiger partial charge in [0, 0.05) is 12.5 Å². The number of hydrogen-bond acceptors (Lipinski definition) is 8. The van der Waals surface area contributed by atoms with Gasteiger partial charge in [-0.1, -0.05) is 11.2 Å². The first-order chi connectivity index (χ1) is 15.5. The Hall–Kier alpha value is -3.10. The lowest BCUT2D eigenvalue weighted by atomic mass is 9.72. The SMILES string of the molecule is CCOC(=O)C1=NO[C@@H]2[C@@H]3C[C@H]([C@H]4C(=O)N(CCc5ccc(OC)c(OC)c5)C(=O)[C@H]34)[C@H]12. The third-order valence-electron chi connectivity index (χ3n) is 7.34. The molecule has 32 heavy (non-hydrogen) atoms. The fraction of sp³-hybridized carbons (Fsp3) is 0.565. The molecule has 9 nitrogen and oxygen atoms in total. The smallest absolute Gasteiger partial charge is 0.356 e. The van der Waals surface area contributed by atoms with Crippen molar-refractivity contribution in [3.05, 3.63) is 23.8 Å². The van der Waals surface area contributed by atoms with Crippen molar-refractivity contribution in [3.8, 4) is 11.5 Å². The number of carbonyl (C=O) groups excluding carboxylic acids is 3. The van der Waals surface area contributed by atoms with Crippen LogP contribution in [-0.2, 0) is 30.4 Å². The summed E-state index contributed by atoms with van der Waals surface area (Å²) in [5, 5.41) is 3.97. The van der Waals surface area contributed by atoms with Gasteiger partial charge in [0.15, 0.2) is 17.2 Å². The molecule has 2 saturated carbocycles. The molecule has 0 spiro atoms. The minimum Gasteiger partial charge on any atom is -0.493 e. The molecule has 2 aliphatic carbocycles. The number of carbonyl (C=O) groups is 3. The van der Waals surface area contributed by atoms with Crippen LogP contribution in [0.4, 0.5) is 0 Å². The molecule has 2 amide bonds. The number of oxime groups is 1. The second-order valence-corrected chi connectivity index (χ2v) is 8.68. The second kappa shape index (κ2) is 7.79. The average molecular weight is 442 g/mol. The third-order valence-corrected chi connectivity index (χ3v) is 7.34. The Morgan fingerprint density at radius 1 is 1.09 bits per heavy atom. The summed E-state index contributed by atoms with van der Waals surface area (Å²) in [6, 6.07) is 5.57. The number of nitrogens with zero attached hydrogens (tertiary/aromatic N) is 2. The van der Waals surface area contributed by atoms with Crippen molar-refractivity contribution < 1.29 is 33.4 Å². The van der Waals surface area contributed by atoms with Crippen LogP contribution in [0.25, 0.3) is 0 Å². The number of methoxy groups -OCH3 is 2. The van der Waals surface area contributed by atoms with E-state index >= 15 is 0 Å². The van der Waals surface area contributed by atoms with E-state index in [1.54, 1.807) is 21.1 Å². The Morgan fingerprint density at radius 3 is 2.50 bits per heavy atom. The first-order valence-corrected chi connectivity index (χ1v) is 11.0. The van der Waals surface area contributed by atoms with Crippen LogP contribution in [0.1, 0.15) is 18.9 Å². The van der Waals surface area contributed by atoms with E-state index in [0.29, 0.717) is 30.9 Å². The molecule has 1 aromatic carbocycles. The van der Waals surface area contributed by atoms with Crippen LogP contribution in [0, 0.1) is 29.6 Å². The Morgan fingerprint density at radius 2 is 1.81 bits per heavy atom. The van der Waals surface area contributed by atoms with Crippen LogP contribution in [0.5, 0.6) is 11.5 Å². The van der Waals surface area contributed by atoms with Crippen molar-refractivity contribution in [2.45, 2.75) is 25.9 Å². The fourth-order valence-electron chi connectivity index (χ4n) is 6.06. The van der Waals surface area contributed by atoms with Crippen molar-refractivity contribution in [2.75, 3.05) is 27.4 Å². The summed E-state index contributed by atoms with van der Waals surface area (Å²) in [7, 11) is 3.14. The first kappa shape index (κ1) is 20.8. The summed E-state index contributed by atoms with van der Waals surface area (Å²) in [6.07, 6.45) is 0.887. The van der Waals surface area contributed by atoms with E-state index in [-0.39, 0.29) is 48.0 Å². The standard InChI is InChI=1S/C23H26N2O7/c1-4-31-23(28)19-18-12-10-13(20(18)32-24-19)17-16(12)21(26)25(22(17)27)8-7-11-5-6-14(29-2)15(9-11)30-3/h5-6,9,12-13,16-18,20H,4,7-8,10H2,1-3H3/t12-,13-,16-,17-,18-,20-/m1/s1. The van der Waals surface area contributed by atoms with Crippen LogP contribution in [0.2, 0.25) is 0 Å². The molecule has 0 unspecified atom stereocenters. The van der Waals surface area contributed by atoms with Gasteiger partial charge in [-0.15, -0.1) is 0 Å². The van der Waals surface area contributed by atoms with E-state index in [1.807, 2.05) is 18.2 Å². The van der Waals surface area contributed by atoms with E-state index in [2.05, 4.69) is 5.16 Å². The van der Waals surface area contributed by atoms with Gasteiger partial charge < -0.3 is 19.0 Å². The fourth-order valence-corrected chi connectivity index (χ4v) is 6.06. The molecule has 2 heterocycles. The van der Waals surface area contributed by atoms with Gasteiger partial charge in [-0.05, 0) is 43.4 Å². The molecule has 0 N–H and O–H groups in total. The summed E-state index contributed by atoms with van der Waals surface area (Å²) < 4.78 is 15.7. The topological polar surface area (TPSA) is 104 Å². The molecule has 2 bridgehead atoms. The normalized spacial score (nSPS) is 31.8. The zero-order valence-electron chi connectivity index (χ0n) is 18.3. The van der Waals surface area contributed by atoms with Gasteiger partial charge in [0.2, 0.25) is 11.8 Å². The van der Waals surface area contributed by atoms with E-state index in [1.165, 1.54) is 4.90 Å². The molecule has 6 atom stereocenters. The van der Waals surface area contributed by atoms with Gasteiger partial charge >= 0.3 is 5.97 Å². The first-order valence-electron chi connectivity index (χ1n) is 11.0. The van der Waals surface area contributed by atoms with Crippen molar-refractivity contribution in [1.29, 1.82) is 0 Å². The Bertz CT molecular complexity index is 1010. The molecule has 0 aromatic heterocycles. The number of rotatable bonds is 7. The van der Waals surface area contributed by atoms with Gasteiger partial charge in [0.1, 0.15) is 6.10 Å². The van der Waals surface area contributed by atoms with E-state index in [0.717, 1.165) is 5.56 Å². The number of imide groups is 1. The Kier molecular flexibility index (Phi) is 5.06. The number of esters is 1. The van der Waals surface area contributed by atoms with Crippen LogP contribution in [0.3, 0.4) is 0 Å². The van der Waals surface area contributed by atoms with Crippen molar-refractivity contribution in [2.24, 2.45) is 34.7 Å². The highest BCUT2D eigenvalue weighted by Crippen LogP contribution is 2.61. The lowest BCUT2D eigenvalue weighted by Gasteiger charge is -2.29. The molecule has 1 saturated heterocycles. The van der Waals surface area contributed by atoms with E-state index in [9.17, 15) is 14.4 Å². The molecule has 2 aliphatic heterocycles. The number of fused-ring (bicyclic) bond motifs is 8. The predicted molar refractivity (Wildman–Crippen MR) is 111 cm³/mol. The van der Waals surface area contributed by atoms with Crippen LogP contribution < -0.4 is 9.47 Å². The molecule has 3 fully saturated rings. The highest BCUT2D eigenvalue weighted by atomic mass is 16.6. The van der Waals surface area contributed by atoms with Crippen LogP contribution in [0.15, 0.2) is 23.4 Å². The highest BCUT2D eigenvalue weighted by Gasteiger charge is 2.70. The third kappa shape index (κ3) is 2.90. The monoisotopic (exact) mass is 442 g/mol. The molecule has 0 radical (unpaired) electrons. The second-order valence-electron chi connectivity index (χ2n) is 8.68. The van der Waals surface area contributed by atoms with Crippen molar-refractivity contribution >= 4 is 23.5 Å². The largest absolute Gasteiger partial charge is 0.493 e. The van der Waals surface area contributed by atoms with Gasteiger partial charge in [-0.2, -0.15) is 0 Å². The summed E-state index contributed by atoms with van der Waals surface area (Å²) in [4.78, 5) is 45.8. The minimum atomic E-state index is -0.494. The van der Waals surface area contributed by atoms with E-state index < -0.39 is 17.8 Å². The number of likely N-dealkylation sites (tertiary alicyclic amines) is 1. The van der Waals surface area contributed by atoms with Gasteiger partial charge in [0.25, 0.3) is 0 Å². The Balaban J connectivity index is 1.31. The van der Waals surface area contributed by atoms with Gasteiger partial charge in [-0.3, -0.25) is 14.5 Å². The summed E-state index contributed by atoms with van der Waals surface area (Å²) in [5.74, 6) is -0.862. The van der Waals surface area contributed by atoms with E-state index in [4.69, 9.17) is 19.0 Å². The number of hydrogen-bond donors (Lipinski definition) is 0. The molecule has 9 heteroatoms. The molecular formula is C23H26N2O7. The maximum Gasteiger partial charge on any atom is 0.356 e. The van der Waals surface area contributed by atoms with Gasteiger partial charge in [-0.25, -0.2) is 4.79 Å². The molecule has 1 aromatic rings. The predicted octanol–water partition coefficient (Wildman–Crippen LogP) is 1.43. The Labute approximate surface area is 185 Å². The lowest BCUT2D eigenvalue weighted by Crippen LogP contribution is -2.42. The highest BCUT2D eigenvalue weighted by molar-refractivity contribution is 6.38.